The van der Waals surface area contributed by atoms with Crippen LogP contribution in [0.25, 0.3) is 11.0 Å². The zero-order chi connectivity index (χ0) is 21.1. The van der Waals surface area contributed by atoms with Gasteiger partial charge in [0.2, 0.25) is 5.91 Å². The van der Waals surface area contributed by atoms with E-state index in [0.29, 0.717) is 31.7 Å². The molecule has 2 aromatic carbocycles. The summed E-state index contributed by atoms with van der Waals surface area (Å²) in [6, 6.07) is 15.8. The number of hydrogen-bond acceptors (Lipinski definition) is 4. The van der Waals surface area contributed by atoms with Gasteiger partial charge in [-0.2, -0.15) is 0 Å². The minimum absolute atomic E-state index is 0.00257. The highest BCUT2D eigenvalue weighted by Gasteiger charge is 2.25. The van der Waals surface area contributed by atoms with Crippen molar-refractivity contribution in [3.8, 4) is 0 Å². The molecule has 4 rings (SSSR count). The summed E-state index contributed by atoms with van der Waals surface area (Å²) in [4.78, 5) is 36.5. The molecule has 156 valence electrons. The third-order valence-electron chi connectivity index (χ3n) is 5.32. The number of benzene rings is 2. The van der Waals surface area contributed by atoms with Crippen molar-refractivity contribution in [1.29, 1.82) is 0 Å². The SMILES string of the molecule is CC(C)C(=O)N1CCN(C(=O)c2ccc(CSc3nc4ccccc4[nH]3)cc2)CC1. The van der Waals surface area contributed by atoms with Gasteiger partial charge in [-0.25, -0.2) is 4.98 Å². The molecular weight excluding hydrogens is 396 g/mol. The summed E-state index contributed by atoms with van der Waals surface area (Å²) in [5, 5.41) is 0.894. The third-order valence-corrected chi connectivity index (χ3v) is 6.26. The summed E-state index contributed by atoms with van der Waals surface area (Å²) in [5.74, 6) is 0.971. The number of fused-ring (bicyclic) bond motifs is 1. The normalized spacial score (nSPS) is 14.5. The number of H-pyrrole nitrogens is 1. The number of aromatic nitrogens is 2. The van der Waals surface area contributed by atoms with Crippen molar-refractivity contribution >= 4 is 34.6 Å². The van der Waals surface area contributed by atoms with E-state index in [9.17, 15) is 9.59 Å². The van der Waals surface area contributed by atoms with E-state index in [1.165, 1.54) is 0 Å². The smallest absolute Gasteiger partial charge is 0.253 e. The van der Waals surface area contributed by atoms with Crippen LogP contribution in [-0.2, 0) is 10.5 Å². The van der Waals surface area contributed by atoms with E-state index in [2.05, 4.69) is 9.97 Å². The van der Waals surface area contributed by atoms with E-state index in [1.54, 1.807) is 11.8 Å². The van der Waals surface area contributed by atoms with Crippen LogP contribution in [0.5, 0.6) is 0 Å². The zero-order valence-corrected chi connectivity index (χ0v) is 18.1. The lowest BCUT2D eigenvalue weighted by molar-refractivity contribution is -0.135. The van der Waals surface area contributed by atoms with Crippen LogP contribution < -0.4 is 0 Å². The fraction of sp³-hybridized carbons (Fsp3) is 0.348. The van der Waals surface area contributed by atoms with Crippen LogP contribution in [0.2, 0.25) is 0 Å². The minimum Gasteiger partial charge on any atom is -0.339 e. The Morgan fingerprint density at radius 1 is 1.00 bits per heavy atom. The number of nitrogens with zero attached hydrogens (tertiary/aromatic N) is 3. The van der Waals surface area contributed by atoms with E-state index < -0.39 is 0 Å². The molecule has 30 heavy (non-hydrogen) atoms. The van der Waals surface area contributed by atoms with Gasteiger partial charge in [-0.3, -0.25) is 9.59 Å². The topological polar surface area (TPSA) is 69.3 Å². The van der Waals surface area contributed by atoms with E-state index in [4.69, 9.17) is 0 Å². The molecule has 0 aliphatic carbocycles. The van der Waals surface area contributed by atoms with Crippen LogP contribution in [0, 0.1) is 5.92 Å². The van der Waals surface area contributed by atoms with Crippen molar-refractivity contribution in [2.24, 2.45) is 5.92 Å². The highest BCUT2D eigenvalue weighted by Crippen LogP contribution is 2.23. The fourth-order valence-electron chi connectivity index (χ4n) is 3.57. The van der Waals surface area contributed by atoms with Gasteiger partial charge >= 0.3 is 0 Å². The van der Waals surface area contributed by atoms with Crippen molar-refractivity contribution in [1.82, 2.24) is 19.8 Å². The first-order chi connectivity index (χ1) is 14.5. The van der Waals surface area contributed by atoms with Crippen LogP contribution in [0.3, 0.4) is 0 Å². The van der Waals surface area contributed by atoms with Crippen LogP contribution in [-0.4, -0.2) is 57.8 Å². The number of aromatic amines is 1. The average Bonchev–Trinajstić information content (AvgIpc) is 3.20. The first kappa shape index (κ1) is 20.5. The maximum Gasteiger partial charge on any atom is 0.253 e. The number of nitrogens with one attached hydrogen (secondary N) is 1. The van der Waals surface area contributed by atoms with Crippen LogP contribution in [0.4, 0.5) is 0 Å². The van der Waals surface area contributed by atoms with Gasteiger partial charge in [0.15, 0.2) is 5.16 Å². The number of carbonyl (C=O) groups excluding carboxylic acids is 2. The maximum atomic E-state index is 12.8. The standard InChI is InChI=1S/C23H26N4O2S/c1-16(2)21(28)26-11-13-27(14-12-26)22(29)18-9-7-17(8-10-18)15-30-23-24-19-5-3-4-6-20(19)25-23/h3-10,16H,11-15H2,1-2H3,(H,24,25). The molecule has 7 heteroatoms. The molecule has 0 bridgehead atoms. The Balaban J connectivity index is 1.32. The molecule has 1 N–H and O–H groups in total. The molecule has 0 unspecified atom stereocenters. The van der Waals surface area contributed by atoms with Gasteiger partial charge in [0.25, 0.3) is 5.91 Å². The predicted molar refractivity (Wildman–Crippen MR) is 119 cm³/mol. The summed E-state index contributed by atoms with van der Waals surface area (Å²) in [6.07, 6.45) is 0. The van der Waals surface area contributed by atoms with Gasteiger partial charge in [0.05, 0.1) is 11.0 Å². The maximum absolute atomic E-state index is 12.8. The Labute approximate surface area is 180 Å². The van der Waals surface area contributed by atoms with Crippen molar-refractivity contribution < 1.29 is 9.59 Å². The van der Waals surface area contributed by atoms with Crippen molar-refractivity contribution in [3.63, 3.8) is 0 Å². The third kappa shape index (κ3) is 4.51. The lowest BCUT2D eigenvalue weighted by atomic mass is 10.1. The molecule has 6 nitrogen and oxygen atoms in total. The summed E-state index contributed by atoms with van der Waals surface area (Å²) >= 11 is 1.65. The molecule has 1 fully saturated rings. The van der Waals surface area contributed by atoms with E-state index in [-0.39, 0.29) is 17.7 Å². The molecule has 0 saturated carbocycles. The molecule has 1 aromatic heterocycles. The molecule has 3 aromatic rings. The largest absolute Gasteiger partial charge is 0.339 e. The number of para-hydroxylation sites is 2. The molecule has 1 aliphatic rings. The Morgan fingerprint density at radius 2 is 1.67 bits per heavy atom. The molecule has 1 saturated heterocycles. The van der Waals surface area contributed by atoms with E-state index in [0.717, 1.165) is 27.5 Å². The van der Waals surface area contributed by atoms with Gasteiger partial charge in [-0.1, -0.05) is 49.9 Å². The van der Waals surface area contributed by atoms with Crippen LogP contribution >= 0.6 is 11.8 Å². The predicted octanol–water partition coefficient (Wildman–Crippen LogP) is 3.80. The minimum atomic E-state index is -0.00257. The second-order valence-corrected chi connectivity index (χ2v) is 8.78. The molecule has 2 amide bonds. The lowest BCUT2D eigenvalue weighted by Crippen LogP contribution is -2.51. The average molecular weight is 423 g/mol. The summed E-state index contributed by atoms with van der Waals surface area (Å²) in [5.41, 5.74) is 3.84. The number of thioether (sulfide) groups is 1. The highest BCUT2D eigenvalue weighted by molar-refractivity contribution is 7.98. The Kier molecular flexibility index (Phi) is 6.08. The summed E-state index contributed by atoms with van der Waals surface area (Å²) in [7, 11) is 0. The second kappa shape index (κ2) is 8.92. The quantitative estimate of drug-likeness (QED) is 0.635. The van der Waals surface area contributed by atoms with Crippen molar-refractivity contribution in [3.05, 3.63) is 59.7 Å². The van der Waals surface area contributed by atoms with Gasteiger partial charge in [0.1, 0.15) is 0 Å². The monoisotopic (exact) mass is 422 g/mol. The summed E-state index contributed by atoms with van der Waals surface area (Å²) in [6.45, 7) is 6.20. The Morgan fingerprint density at radius 3 is 2.33 bits per heavy atom. The van der Waals surface area contributed by atoms with Crippen molar-refractivity contribution in [2.75, 3.05) is 26.2 Å². The van der Waals surface area contributed by atoms with E-state index >= 15 is 0 Å². The Hall–Kier alpha value is -2.80. The lowest BCUT2D eigenvalue weighted by Gasteiger charge is -2.35. The molecule has 1 aliphatic heterocycles. The van der Waals surface area contributed by atoms with Gasteiger partial charge in [-0.05, 0) is 29.8 Å². The molecule has 0 spiro atoms. The molecule has 2 heterocycles. The molecule has 0 radical (unpaired) electrons. The number of imidazole rings is 1. The van der Waals surface area contributed by atoms with Crippen molar-refractivity contribution in [2.45, 2.75) is 24.8 Å². The van der Waals surface area contributed by atoms with Gasteiger partial charge < -0.3 is 14.8 Å². The van der Waals surface area contributed by atoms with Gasteiger partial charge in [-0.15, -0.1) is 0 Å². The fourth-order valence-corrected chi connectivity index (χ4v) is 4.41. The number of rotatable bonds is 5. The number of piperazine rings is 1. The van der Waals surface area contributed by atoms with Crippen LogP contribution in [0.15, 0.2) is 53.7 Å². The Bertz CT molecular complexity index is 1000. The van der Waals surface area contributed by atoms with E-state index in [1.807, 2.05) is 72.2 Å². The molecular formula is C23H26N4O2S. The summed E-state index contributed by atoms with van der Waals surface area (Å²) < 4.78 is 0. The van der Waals surface area contributed by atoms with Gasteiger partial charge in [0, 0.05) is 43.4 Å². The highest BCUT2D eigenvalue weighted by atomic mass is 32.2. The molecule has 0 atom stereocenters. The number of carbonyl (C=O) groups is 2. The number of hydrogen-bond donors (Lipinski definition) is 1. The second-order valence-electron chi connectivity index (χ2n) is 7.82. The first-order valence-corrected chi connectivity index (χ1v) is 11.2. The first-order valence-electron chi connectivity index (χ1n) is 10.3. The number of amides is 2. The zero-order valence-electron chi connectivity index (χ0n) is 17.3. The van der Waals surface area contributed by atoms with Crippen LogP contribution in [0.1, 0.15) is 29.8 Å².